The molecule has 27 heavy (non-hydrogen) atoms. The summed E-state index contributed by atoms with van der Waals surface area (Å²) in [6.07, 6.45) is 1.51. The largest absolute Gasteiger partial charge is 0.306 e. The van der Waals surface area contributed by atoms with Crippen LogP contribution in [0, 0.1) is 19.8 Å². The van der Waals surface area contributed by atoms with Crippen LogP contribution in [-0.4, -0.2) is 51.7 Å². The number of aliphatic imine (C=N–C) groups is 2. The van der Waals surface area contributed by atoms with E-state index in [0.717, 1.165) is 5.56 Å². The van der Waals surface area contributed by atoms with Gasteiger partial charge in [-0.15, -0.1) is 0 Å². The van der Waals surface area contributed by atoms with Crippen LogP contribution >= 0.6 is 0 Å². The molecule has 1 aromatic heterocycles. The molecule has 3 heterocycles. The highest BCUT2D eigenvalue weighted by atomic mass is 16.2. The molecule has 0 spiro atoms. The maximum Gasteiger partial charge on any atom is 0.265 e. The number of amides is 2. The number of aryl methyl sites for hydroxylation is 2. The minimum absolute atomic E-state index is 0.0937. The van der Waals surface area contributed by atoms with Crippen molar-refractivity contribution >= 4 is 35.6 Å². The van der Waals surface area contributed by atoms with Gasteiger partial charge in [0.1, 0.15) is 17.6 Å². The van der Waals surface area contributed by atoms with Crippen LogP contribution in [0.3, 0.4) is 0 Å². The van der Waals surface area contributed by atoms with E-state index in [4.69, 9.17) is 0 Å². The topological polar surface area (TPSA) is 104 Å². The Morgan fingerprint density at radius 3 is 2.78 bits per heavy atom. The standard InChI is InChI=1S/C18H17N7O2/c1-10-5-4-6-12(7-10)16(26)20-14-8-11(2)23-25(14)18-21-15-13(17(27)22-18)9-19-24(15)3/h4-9,13H,1-3H3,(H,20,26). The minimum Gasteiger partial charge on any atom is -0.306 e. The average molecular weight is 363 g/mol. The molecule has 4 rings (SSSR count). The summed E-state index contributed by atoms with van der Waals surface area (Å²) in [7, 11) is 1.71. The van der Waals surface area contributed by atoms with Crippen LogP contribution in [0.25, 0.3) is 0 Å². The van der Waals surface area contributed by atoms with Crippen LogP contribution in [0.2, 0.25) is 0 Å². The van der Waals surface area contributed by atoms with Gasteiger partial charge < -0.3 is 5.32 Å². The molecule has 2 aliphatic rings. The molecule has 2 amide bonds. The zero-order valence-corrected chi connectivity index (χ0v) is 15.0. The zero-order chi connectivity index (χ0) is 19.1. The molecule has 1 N–H and O–H groups in total. The summed E-state index contributed by atoms with van der Waals surface area (Å²) in [5.41, 5.74) is 2.16. The highest BCUT2D eigenvalue weighted by molar-refractivity contribution is 6.24. The van der Waals surface area contributed by atoms with Crippen molar-refractivity contribution in [2.45, 2.75) is 13.8 Å². The van der Waals surface area contributed by atoms with Crippen molar-refractivity contribution in [1.29, 1.82) is 0 Å². The first-order valence-corrected chi connectivity index (χ1v) is 8.36. The predicted molar refractivity (Wildman–Crippen MR) is 101 cm³/mol. The fraction of sp³-hybridized carbons (Fsp3) is 0.222. The van der Waals surface area contributed by atoms with Crippen molar-refractivity contribution < 1.29 is 9.59 Å². The van der Waals surface area contributed by atoms with Crippen LogP contribution < -0.4 is 5.32 Å². The summed E-state index contributed by atoms with van der Waals surface area (Å²) in [5, 5.41) is 12.7. The monoisotopic (exact) mass is 363 g/mol. The number of benzene rings is 1. The van der Waals surface area contributed by atoms with Crippen LogP contribution in [0.4, 0.5) is 5.82 Å². The summed E-state index contributed by atoms with van der Waals surface area (Å²) in [6.45, 7) is 3.70. The van der Waals surface area contributed by atoms with Crippen molar-refractivity contribution in [3.63, 3.8) is 0 Å². The number of carbonyl (C=O) groups is 2. The first-order valence-electron chi connectivity index (χ1n) is 8.36. The molecular weight excluding hydrogens is 346 g/mol. The van der Waals surface area contributed by atoms with E-state index < -0.39 is 5.92 Å². The van der Waals surface area contributed by atoms with Gasteiger partial charge in [0.25, 0.3) is 17.8 Å². The van der Waals surface area contributed by atoms with Gasteiger partial charge in [-0.25, -0.2) is 0 Å². The summed E-state index contributed by atoms with van der Waals surface area (Å²) in [5.74, 6) is -0.261. The normalized spacial score (nSPS) is 18.3. The third-order valence-corrected chi connectivity index (χ3v) is 4.23. The number of nitrogens with one attached hydrogen (secondary N) is 1. The minimum atomic E-state index is -0.569. The number of fused-ring (bicyclic) bond motifs is 1. The van der Waals surface area contributed by atoms with E-state index in [0.29, 0.717) is 22.9 Å². The number of carbonyl (C=O) groups excluding carboxylic acids is 2. The second-order valence-corrected chi connectivity index (χ2v) is 6.39. The van der Waals surface area contributed by atoms with Gasteiger partial charge in [0.2, 0.25) is 0 Å². The number of amidine groups is 1. The third kappa shape index (κ3) is 3.03. The molecule has 2 aliphatic heterocycles. The Bertz CT molecular complexity index is 1050. The molecule has 0 saturated carbocycles. The van der Waals surface area contributed by atoms with E-state index in [9.17, 15) is 9.59 Å². The lowest BCUT2D eigenvalue weighted by atomic mass is 10.1. The van der Waals surface area contributed by atoms with Crippen LogP contribution in [-0.2, 0) is 4.79 Å². The van der Waals surface area contributed by atoms with Crippen LogP contribution in [0.15, 0.2) is 45.4 Å². The fourth-order valence-electron chi connectivity index (χ4n) is 2.92. The quantitative estimate of drug-likeness (QED) is 0.872. The Balaban J connectivity index is 1.67. The number of aromatic nitrogens is 2. The maximum absolute atomic E-state index is 12.6. The lowest BCUT2D eigenvalue weighted by molar-refractivity contribution is -0.118. The van der Waals surface area contributed by atoms with E-state index in [1.165, 1.54) is 15.9 Å². The summed E-state index contributed by atoms with van der Waals surface area (Å²) < 4.78 is 1.36. The van der Waals surface area contributed by atoms with E-state index in [-0.39, 0.29) is 17.8 Å². The van der Waals surface area contributed by atoms with Crippen molar-refractivity contribution in [3.05, 3.63) is 47.2 Å². The molecule has 136 valence electrons. The van der Waals surface area contributed by atoms with Gasteiger partial charge in [0.15, 0.2) is 0 Å². The summed E-state index contributed by atoms with van der Waals surface area (Å²) in [4.78, 5) is 33.3. The molecule has 1 aromatic carbocycles. The van der Waals surface area contributed by atoms with Crippen LogP contribution in [0.5, 0.6) is 0 Å². The lowest BCUT2D eigenvalue weighted by Crippen LogP contribution is -2.35. The second kappa shape index (κ2) is 6.27. The lowest BCUT2D eigenvalue weighted by Gasteiger charge is -2.17. The Kier molecular flexibility index (Phi) is 3.91. The summed E-state index contributed by atoms with van der Waals surface area (Å²) >= 11 is 0. The number of rotatable bonds is 2. The molecule has 0 saturated heterocycles. The molecule has 9 heteroatoms. The smallest absolute Gasteiger partial charge is 0.265 e. The second-order valence-electron chi connectivity index (χ2n) is 6.39. The molecule has 9 nitrogen and oxygen atoms in total. The Hall–Kier alpha value is -3.62. The molecule has 0 radical (unpaired) electrons. The SMILES string of the molecule is Cc1cccc(C(=O)Nc2cc(C)nn2C2=NC(=O)C3C=NN(C)C3=N2)c1. The highest BCUT2D eigenvalue weighted by Gasteiger charge is 2.35. The van der Waals surface area contributed by atoms with Gasteiger partial charge in [-0.3, -0.25) is 14.6 Å². The Morgan fingerprint density at radius 2 is 2.00 bits per heavy atom. The molecule has 1 unspecified atom stereocenters. The average Bonchev–Trinajstić information content (AvgIpc) is 3.18. The maximum atomic E-state index is 12.6. The van der Waals surface area contributed by atoms with Crippen molar-refractivity contribution in [3.8, 4) is 0 Å². The van der Waals surface area contributed by atoms with E-state index >= 15 is 0 Å². The molecule has 0 bridgehead atoms. The zero-order valence-electron chi connectivity index (χ0n) is 15.0. The number of anilines is 1. The first kappa shape index (κ1) is 16.8. The van der Waals surface area contributed by atoms with Crippen molar-refractivity contribution in [2.75, 3.05) is 12.4 Å². The van der Waals surface area contributed by atoms with Crippen molar-refractivity contribution in [2.24, 2.45) is 21.0 Å². The number of nitrogens with zero attached hydrogens (tertiary/aromatic N) is 6. The van der Waals surface area contributed by atoms with Crippen LogP contribution in [0.1, 0.15) is 21.6 Å². The van der Waals surface area contributed by atoms with E-state index in [1.54, 1.807) is 32.2 Å². The van der Waals surface area contributed by atoms with Gasteiger partial charge in [-0.2, -0.15) is 24.9 Å². The van der Waals surface area contributed by atoms with E-state index in [2.05, 4.69) is 25.5 Å². The Labute approximate surface area is 155 Å². The van der Waals surface area contributed by atoms with Gasteiger partial charge in [-0.1, -0.05) is 17.7 Å². The summed E-state index contributed by atoms with van der Waals surface area (Å²) in [6, 6.07) is 8.95. The Morgan fingerprint density at radius 1 is 1.19 bits per heavy atom. The molecule has 2 aromatic rings. The highest BCUT2D eigenvalue weighted by Crippen LogP contribution is 2.19. The molecule has 0 aliphatic carbocycles. The van der Waals surface area contributed by atoms with Gasteiger partial charge >= 0.3 is 0 Å². The van der Waals surface area contributed by atoms with Crippen molar-refractivity contribution in [1.82, 2.24) is 14.8 Å². The van der Waals surface area contributed by atoms with E-state index in [1.807, 2.05) is 19.1 Å². The number of hydrogen-bond acceptors (Lipinski definition) is 6. The first-order chi connectivity index (χ1) is 12.9. The van der Waals surface area contributed by atoms with Gasteiger partial charge in [0, 0.05) is 24.9 Å². The predicted octanol–water partition coefficient (Wildman–Crippen LogP) is 1.44. The fourth-order valence-corrected chi connectivity index (χ4v) is 2.92. The van der Waals surface area contributed by atoms with Gasteiger partial charge in [-0.05, 0) is 26.0 Å². The number of hydrazone groups is 1. The third-order valence-electron chi connectivity index (χ3n) is 4.23. The van der Waals surface area contributed by atoms with Gasteiger partial charge in [0.05, 0.1) is 5.69 Å². The molecule has 0 fully saturated rings. The number of hydrogen-bond donors (Lipinski definition) is 1. The molecule has 1 atom stereocenters. The molecular formula is C18H17N7O2.